The standard InChI is InChI=1S/C16H21N3/c1-13-6-2-3-7-14(13)15-10-18-12-19(15)16(11-17)8-4-5-9-16/h2-3,6-7,10,12H,4-5,8-9,11,17H2,1H3. The third-order valence-electron chi connectivity index (χ3n) is 4.48. The topological polar surface area (TPSA) is 43.8 Å². The van der Waals surface area contributed by atoms with Crippen LogP contribution in [0.5, 0.6) is 0 Å². The summed E-state index contributed by atoms with van der Waals surface area (Å²) in [6.45, 7) is 2.85. The summed E-state index contributed by atoms with van der Waals surface area (Å²) >= 11 is 0. The fourth-order valence-corrected chi connectivity index (χ4v) is 3.31. The van der Waals surface area contributed by atoms with Gasteiger partial charge in [-0.2, -0.15) is 0 Å². The molecular weight excluding hydrogens is 234 g/mol. The largest absolute Gasteiger partial charge is 0.328 e. The first kappa shape index (κ1) is 12.4. The molecule has 1 aromatic carbocycles. The second kappa shape index (κ2) is 4.82. The Kier molecular flexibility index (Phi) is 3.15. The molecule has 2 N–H and O–H groups in total. The summed E-state index contributed by atoms with van der Waals surface area (Å²) in [5, 5.41) is 0. The first-order chi connectivity index (χ1) is 9.27. The van der Waals surface area contributed by atoms with Gasteiger partial charge in [-0.05, 0) is 25.3 Å². The number of nitrogens with two attached hydrogens (primary N) is 1. The average molecular weight is 255 g/mol. The minimum Gasteiger partial charge on any atom is -0.328 e. The van der Waals surface area contributed by atoms with E-state index in [9.17, 15) is 0 Å². The molecule has 1 aliphatic carbocycles. The molecule has 0 aliphatic heterocycles. The summed E-state index contributed by atoms with van der Waals surface area (Å²) in [6, 6.07) is 8.48. The number of aromatic nitrogens is 2. The van der Waals surface area contributed by atoms with Crippen molar-refractivity contribution in [1.29, 1.82) is 0 Å². The summed E-state index contributed by atoms with van der Waals surface area (Å²) < 4.78 is 2.32. The molecule has 0 amide bonds. The van der Waals surface area contributed by atoms with Crippen LogP contribution in [-0.2, 0) is 5.54 Å². The fourth-order valence-electron chi connectivity index (χ4n) is 3.31. The van der Waals surface area contributed by atoms with Crippen LogP contribution >= 0.6 is 0 Å². The van der Waals surface area contributed by atoms with Crippen LogP contribution in [0.25, 0.3) is 11.3 Å². The molecule has 1 heterocycles. The molecule has 0 saturated heterocycles. The number of imidazole rings is 1. The van der Waals surface area contributed by atoms with Crippen molar-refractivity contribution in [2.24, 2.45) is 5.73 Å². The highest BCUT2D eigenvalue weighted by molar-refractivity contribution is 5.63. The molecule has 1 aromatic heterocycles. The molecule has 1 aliphatic rings. The molecule has 3 rings (SSSR count). The minimum absolute atomic E-state index is 0.0775. The van der Waals surface area contributed by atoms with Crippen molar-refractivity contribution in [3.63, 3.8) is 0 Å². The van der Waals surface area contributed by atoms with E-state index in [0.717, 1.165) is 0 Å². The molecule has 2 aromatic rings. The van der Waals surface area contributed by atoms with E-state index >= 15 is 0 Å². The summed E-state index contributed by atoms with van der Waals surface area (Å²) in [4.78, 5) is 4.38. The van der Waals surface area contributed by atoms with Gasteiger partial charge in [0.25, 0.3) is 0 Å². The molecule has 0 unspecified atom stereocenters. The molecule has 0 spiro atoms. The maximum absolute atomic E-state index is 6.10. The van der Waals surface area contributed by atoms with Gasteiger partial charge in [-0.15, -0.1) is 0 Å². The summed E-state index contributed by atoms with van der Waals surface area (Å²) in [5.41, 5.74) is 9.92. The van der Waals surface area contributed by atoms with Crippen molar-refractivity contribution in [1.82, 2.24) is 9.55 Å². The van der Waals surface area contributed by atoms with E-state index in [1.165, 1.54) is 42.5 Å². The van der Waals surface area contributed by atoms with Crippen LogP contribution in [-0.4, -0.2) is 16.1 Å². The van der Waals surface area contributed by atoms with Crippen LogP contribution in [0.3, 0.4) is 0 Å². The van der Waals surface area contributed by atoms with Crippen LogP contribution in [0.2, 0.25) is 0 Å². The Morgan fingerprint density at radius 2 is 2.00 bits per heavy atom. The van der Waals surface area contributed by atoms with E-state index in [4.69, 9.17) is 5.73 Å². The number of hydrogen-bond acceptors (Lipinski definition) is 2. The Labute approximate surface area is 114 Å². The smallest absolute Gasteiger partial charge is 0.0956 e. The third kappa shape index (κ3) is 1.98. The van der Waals surface area contributed by atoms with Crippen molar-refractivity contribution in [2.75, 3.05) is 6.54 Å². The molecule has 19 heavy (non-hydrogen) atoms. The SMILES string of the molecule is Cc1ccccc1-c1cncn1C1(CN)CCCC1. The number of nitrogens with zero attached hydrogens (tertiary/aromatic N) is 2. The van der Waals surface area contributed by atoms with Crippen LogP contribution in [0.4, 0.5) is 0 Å². The molecule has 0 bridgehead atoms. The van der Waals surface area contributed by atoms with Crippen LogP contribution in [0, 0.1) is 6.92 Å². The summed E-state index contributed by atoms with van der Waals surface area (Å²) in [6.07, 6.45) is 8.79. The van der Waals surface area contributed by atoms with E-state index < -0.39 is 0 Å². The molecule has 0 radical (unpaired) electrons. The molecule has 0 atom stereocenters. The lowest BCUT2D eigenvalue weighted by atomic mass is 9.95. The first-order valence-corrected chi connectivity index (χ1v) is 7.06. The Morgan fingerprint density at radius 1 is 1.26 bits per heavy atom. The average Bonchev–Trinajstić information content (AvgIpc) is 3.08. The zero-order valence-corrected chi connectivity index (χ0v) is 11.5. The fraction of sp³-hybridized carbons (Fsp3) is 0.438. The Bertz CT molecular complexity index is 565. The highest BCUT2D eigenvalue weighted by atomic mass is 15.1. The molecule has 3 nitrogen and oxygen atoms in total. The quantitative estimate of drug-likeness (QED) is 0.916. The molecule has 3 heteroatoms. The second-order valence-corrected chi connectivity index (χ2v) is 5.60. The second-order valence-electron chi connectivity index (χ2n) is 5.60. The Hall–Kier alpha value is -1.61. The van der Waals surface area contributed by atoms with Gasteiger partial charge < -0.3 is 10.3 Å². The zero-order chi connectivity index (χ0) is 13.3. The number of aryl methyl sites for hydroxylation is 1. The first-order valence-electron chi connectivity index (χ1n) is 7.06. The van der Waals surface area contributed by atoms with Gasteiger partial charge >= 0.3 is 0 Å². The molecule has 1 saturated carbocycles. The van der Waals surface area contributed by atoms with E-state index in [1.54, 1.807) is 0 Å². The summed E-state index contributed by atoms with van der Waals surface area (Å²) in [5.74, 6) is 0. The third-order valence-corrected chi connectivity index (χ3v) is 4.48. The van der Waals surface area contributed by atoms with Gasteiger partial charge in [0.2, 0.25) is 0 Å². The lowest BCUT2D eigenvalue weighted by molar-refractivity contribution is 0.307. The van der Waals surface area contributed by atoms with Gasteiger partial charge in [0, 0.05) is 12.1 Å². The maximum atomic E-state index is 6.10. The van der Waals surface area contributed by atoms with E-state index in [-0.39, 0.29) is 5.54 Å². The van der Waals surface area contributed by atoms with Crippen LogP contribution in [0.15, 0.2) is 36.8 Å². The number of hydrogen-bond donors (Lipinski definition) is 1. The lowest BCUT2D eigenvalue weighted by Gasteiger charge is -2.31. The Balaban J connectivity index is 2.11. The predicted octanol–water partition coefficient (Wildman–Crippen LogP) is 3.09. The maximum Gasteiger partial charge on any atom is 0.0956 e. The minimum atomic E-state index is 0.0775. The van der Waals surface area contributed by atoms with Gasteiger partial charge in [0.05, 0.1) is 23.8 Å². The molecule has 1 fully saturated rings. The normalized spacial score (nSPS) is 17.8. The van der Waals surface area contributed by atoms with Gasteiger partial charge in [-0.3, -0.25) is 0 Å². The van der Waals surface area contributed by atoms with Crippen molar-refractivity contribution in [3.05, 3.63) is 42.4 Å². The van der Waals surface area contributed by atoms with Gasteiger partial charge in [0.15, 0.2) is 0 Å². The van der Waals surface area contributed by atoms with E-state index in [1.807, 2.05) is 12.5 Å². The number of benzene rings is 1. The van der Waals surface area contributed by atoms with Gasteiger partial charge in [-0.25, -0.2) is 4.98 Å². The van der Waals surface area contributed by atoms with Crippen LogP contribution < -0.4 is 5.73 Å². The van der Waals surface area contributed by atoms with Crippen molar-refractivity contribution < 1.29 is 0 Å². The van der Waals surface area contributed by atoms with E-state index in [2.05, 4.69) is 40.7 Å². The molecule has 100 valence electrons. The van der Waals surface area contributed by atoms with Crippen LogP contribution in [0.1, 0.15) is 31.2 Å². The summed E-state index contributed by atoms with van der Waals surface area (Å²) in [7, 11) is 0. The lowest BCUT2D eigenvalue weighted by Crippen LogP contribution is -2.38. The predicted molar refractivity (Wildman–Crippen MR) is 77.9 cm³/mol. The van der Waals surface area contributed by atoms with Gasteiger partial charge in [0.1, 0.15) is 0 Å². The van der Waals surface area contributed by atoms with Crippen molar-refractivity contribution in [3.8, 4) is 11.3 Å². The van der Waals surface area contributed by atoms with Crippen molar-refractivity contribution >= 4 is 0 Å². The highest BCUT2D eigenvalue weighted by Crippen LogP contribution is 2.39. The van der Waals surface area contributed by atoms with Gasteiger partial charge in [-0.1, -0.05) is 37.1 Å². The van der Waals surface area contributed by atoms with E-state index in [0.29, 0.717) is 6.54 Å². The monoisotopic (exact) mass is 255 g/mol. The Morgan fingerprint density at radius 3 is 2.68 bits per heavy atom. The number of rotatable bonds is 3. The molecular formula is C16H21N3. The zero-order valence-electron chi connectivity index (χ0n) is 11.5. The van der Waals surface area contributed by atoms with Crippen molar-refractivity contribution in [2.45, 2.75) is 38.1 Å². The highest BCUT2D eigenvalue weighted by Gasteiger charge is 2.35.